The molecule has 0 aromatic carbocycles. The van der Waals surface area contributed by atoms with E-state index in [0.29, 0.717) is 17.0 Å². The predicted molar refractivity (Wildman–Crippen MR) is 69.9 cm³/mol. The molecule has 0 amide bonds. The summed E-state index contributed by atoms with van der Waals surface area (Å²) in [6.45, 7) is 0. The highest BCUT2D eigenvalue weighted by atomic mass is 32.1. The number of nitrogens with two attached hydrogens (primary N) is 1. The first-order chi connectivity index (χ1) is 8.68. The summed E-state index contributed by atoms with van der Waals surface area (Å²) < 4.78 is 1.71. The number of aromatic nitrogens is 2. The van der Waals surface area contributed by atoms with E-state index in [1.165, 1.54) is 11.3 Å². The van der Waals surface area contributed by atoms with Crippen LogP contribution in [0.3, 0.4) is 0 Å². The van der Waals surface area contributed by atoms with Gasteiger partial charge in [-0.15, -0.1) is 11.3 Å². The number of hydrogen-bond acceptors (Lipinski definition) is 4. The Morgan fingerprint density at radius 2 is 2.22 bits per heavy atom. The maximum atomic E-state index is 11.2. The fourth-order valence-electron chi connectivity index (χ4n) is 1.89. The average molecular weight is 259 g/mol. The van der Waals surface area contributed by atoms with Crippen molar-refractivity contribution in [1.29, 1.82) is 0 Å². The van der Waals surface area contributed by atoms with Crippen LogP contribution in [-0.4, -0.2) is 20.5 Å². The molecular weight excluding hydrogens is 250 g/mol. The number of carboxylic acid groups (broad SMARTS) is 1. The van der Waals surface area contributed by atoms with Gasteiger partial charge in [-0.2, -0.15) is 0 Å². The van der Waals surface area contributed by atoms with Crippen molar-refractivity contribution in [3.05, 3.63) is 41.5 Å². The molecule has 0 atom stereocenters. The van der Waals surface area contributed by atoms with E-state index in [0.717, 1.165) is 4.88 Å². The highest BCUT2D eigenvalue weighted by Gasteiger charge is 2.19. The molecule has 0 aliphatic carbocycles. The average Bonchev–Trinajstić information content (AvgIpc) is 2.95. The van der Waals surface area contributed by atoms with Crippen LogP contribution >= 0.6 is 11.3 Å². The maximum absolute atomic E-state index is 11.2. The van der Waals surface area contributed by atoms with Crippen LogP contribution in [0.2, 0.25) is 0 Å². The number of pyridine rings is 1. The van der Waals surface area contributed by atoms with Gasteiger partial charge < -0.3 is 10.8 Å². The highest BCUT2D eigenvalue weighted by molar-refractivity contribution is 7.13. The molecule has 0 radical (unpaired) electrons. The lowest BCUT2D eigenvalue weighted by Gasteiger charge is -2.00. The van der Waals surface area contributed by atoms with Gasteiger partial charge in [-0.3, -0.25) is 4.40 Å². The van der Waals surface area contributed by atoms with E-state index in [1.807, 2.05) is 17.5 Å². The molecule has 0 saturated heterocycles. The van der Waals surface area contributed by atoms with E-state index in [2.05, 4.69) is 4.98 Å². The second kappa shape index (κ2) is 3.85. The number of rotatable bonds is 2. The minimum atomic E-state index is -1.08. The molecular formula is C12H9N3O2S. The van der Waals surface area contributed by atoms with E-state index in [1.54, 1.807) is 22.7 Å². The maximum Gasteiger partial charge on any atom is 0.356 e. The number of aromatic carboxylic acids is 1. The third kappa shape index (κ3) is 1.46. The largest absolute Gasteiger partial charge is 0.476 e. The lowest BCUT2D eigenvalue weighted by atomic mass is 10.3. The zero-order valence-electron chi connectivity index (χ0n) is 9.20. The lowest BCUT2D eigenvalue weighted by molar-refractivity contribution is 0.0693. The summed E-state index contributed by atoms with van der Waals surface area (Å²) in [4.78, 5) is 16.3. The summed E-state index contributed by atoms with van der Waals surface area (Å²) in [5.74, 6) is -0.474. The molecule has 3 rings (SSSR count). The summed E-state index contributed by atoms with van der Waals surface area (Å²) >= 11 is 1.50. The normalized spacial score (nSPS) is 10.9. The molecule has 3 aromatic rings. The quantitative estimate of drug-likeness (QED) is 0.740. The molecule has 90 valence electrons. The summed E-state index contributed by atoms with van der Waals surface area (Å²) in [5, 5.41) is 11.1. The number of nitrogens with zero attached hydrogens (tertiary/aromatic N) is 2. The molecule has 0 aliphatic rings. The SMILES string of the molecule is Nc1cccn2c(-c3cccs3)nc(C(=O)O)c12. The molecule has 0 bridgehead atoms. The van der Waals surface area contributed by atoms with Crippen LogP contribution in [0.1, 0.15) is 10.5 Å². The molecule has 0 saturated carbocycles. The van der Waals surface area contributed by atoms with Gasteiger partial charge in [0.25, 0.3) is 0 Å². The monoisotopic (exact) mass is 259 g/mol. The first kappa shape index (κ1) is 10.8. The molecule has 6 heteroatoms. The van der Waals surface area contributed by atoms with E-state index in [9.17, 15) is 9.90 Å². The van der Waals surface area contributed by atoms with Gasteiger partial charge in [0.05, 0.1) is 10.6 Å². The van der Waals surface area contributed by atoms with E-state index in [-0.39, 0.29) is 5.69 Å². The van der Waals surface area contributed by atoms with Crippen molar-refractivity contribution in [2.24, 2.45) is 0 Å². The van der Waals surface area contributed by atoms with Gasteiger partial charge in [0.1, 0.15) is 5.52 Å². The van der Waals surface area contributed by atoms with Gasteiger partial charge in [-0.05, 0) is 23.6 Å². The number of imidazole rings is 1. The Balaban J connectivity index is 2.41. The third-order valence-electron chi connectivity index (χ3n) is 2.64. The smallest absolute Gasteiger partial charge is 0.356 e. The number of thiophene rings is 1. The van der Waals surface area contributed by atoms with E-state index >= 15 is 0 Å². The van der Waals surface area contributed by atoms with Gasteiger partial charge in [0.15, 0.2) is 11.5 Å². The van der Waals surface area contributed by atoms with Gasteiger partial charge >= 0.3 is 5.97 Å². The molecule has 5 nitrogen and oxygen atoms in total. The standard InChI is InChI=1S/C12H9N3O2S/c13-7-3-1-5-15-10(7)9(12(16)17)14-11(15)8-4-2-6-18-8/h1-6H,13H2,(H,16,17). The first-order valence-corrected chi connectivity index (χ1v) is 6.10. The zero-order valence-corrected chi connectivity index (χ0v) is 10.0. The molecule has 3 heterocycles. The summed E-state index contributed by atoms with van der Waals surface area (Å²) in [6, 6.07) is 7.23. The van der Waals surface area contributed by atoms with Crippen molar-refractivity contribution >= 4 is 28.5 Å². The van der Waals surface area contributed by atoms with Crippen LogP contribution in [0.15, 0.2) is 35.8 Å². The van der Waals surface area contributed by atoms with Crippen molar-refractivity contribution in [2.75, 3.05) is 5.73 Å². The number of carbonyl (C=O) groups is 1. The molecule has 3 aromatic heterocycles. The van der Waals surface area contributed by atoms with Crippen molar-refractivity contribution in [2.45, 2.75) is 0 Å². The fourth-order valence-corrected chi connectivity index (χ4v) is 2.60. The Morgan fingerprint density at radius 3 is 2.89 bits per heavy atom. The minimum Gasteiger partial charge on any atom is -0.476 e. The number of fused-ring (bicyclic) bond motifs is 1. The minimum absolute atomic E-state index is 0.0171. The molecule has 18 heavy (non-hydrogen) atoms. The highest BCUT2D eigenvalue weighted by Crippen LogP contribution is 2.28. The number of nitrogen functional groups attached to an aromatic ring is 1. The van der Waals surface area contributed by atoms with Crippen LogP contribution in [0.5, 0.6) is 0 Å². The topological polar surface area (TPSA) is 80.6 Å². The Morgan fingerprint density at radius 1 is 1.39 bits per heavy atom. The van der Waals surface area contributed by atoms with Crippen molar-refractivity contribution in [3.63, 3.8) is 0 Å². The summed E-state index contributed by atoms with van der Waals surface area (Å²) in [7, 11) is 0. The van der Waals surface area contributed by atoms with Crippen molar-refractivity contribution in [1.82, 2.24) is 9.38 Å². The van der Waals surface area contributed by atoms with Gasteiger partial charge in [-0.25, -0.2) is 9.78 Å². The van der Waals surface area contributed by atoms with E-state index < -0.39 is 5.97 Å². The van der Waals surface area contributed by atoms with Crippen LogP contribution in [-0.2, 0) is 0 Å². The molecule has 3 N–H and O–H groups in total. The fraction of sp³-hybridized carbons (Fsp3) is 0. The number of anilines is 1. The van der Waals surface area contributed by atoms with E-state index in [4.69, 9.17) is 5.73 Å². The summed E-state index contributed by atoms with van der Waals surface area (Å²) in [5.41, 5.74) is 6.67. The summed E-state index contributed by atoms with van der Waals surface area (Å²) in [6.07, 6.45) is 1.76. The Bertz CT molecular complexity index is 731. The van der Waals surface area contributed by atoms with Crippen LogP contribution in [0.4, 0.5) is 5.69 Å². The van der Waals surface area contributed by atoms with Gasteiger partial charge in [0.2, 0.25) is 0 Å². The second-order valence-electron chi connectivity index (χ2n) is 3.75. The lowest BCUT2D eigenvalue weighted by Crippen LogP contribution is -2.00. The Labute approximate surface area is 106 Å². The Hall–Kier alpha value is -2.34. The molecule has 0 unspecified atom stereocenters. The number of carboxylic acids is 1. The van der Waals surface area contributed by atoms with Crippen molar-refractivity contribution in [3.8, 4) is 10.7 Å². The Kier molecular flexibility index (Phi) is 2.31. The molecule has 0 spiro atoms. The first-order valence-electron chi connectivity index (χ1n) is 5.22. The van der Waals surface area contributed by atoms with Crippen LogP contribution < -0.4 is 5.73 Å². The van der Waals surface area contributed by atoms with Gasteiger partial charge in [0, 0.05) is 6.20 Å². The van der Waals surface area contributed by atoms with Gasteiger partial charge in [-0.1, -0.05) is 6.07 Å². The van der Waals surface area contributed by atoms with Crippen LogP contribution in [0, 0.1) is 0 Å². The molecule has 0 fully saturated rings. The predicted octanol–water partition coefficient (Wildman–Crippen LogP) is 2.34. The molecule has 0 aliphatic heterocycles. The third-order valence-corrected chi connectivity index (χ3v) is 3.51. The second-order valence-corrected chi connectivity index (χ2v) is 4.70. The number of hydrogen-bond donors (Lipinski definition) is 2. The van der Waals surface area contributed by atoms with Crippen molar-refractivity contribution < 1.29 is 9.90 Å². The zero-order chi connectivity index (χ0) is 12.7. The van der Waals surface area contributed by atoms with Crippen LogP contribution in [0.25, 0.3) is 16.2 Å².